The molecule has 0 aliphatic carbocycles. The van der Waals surface area contributed by atoms with Crippen molar-refractivity contribution in [1.82, 2.24) is 0 Å². The SMILES string of the molecule is CCCC[CH2][Zr]. The Labute approximate surface area is 55.2 Å². The summed E-state index contributed by atoms with van der Waals surface area (Å²) in [5.74, 6) is 0. The number of hydrogen-bond acceptors (Lipinski definition) is 0. The molecule has 0 rings (SSSR count). The zero-order chi connectivity index (χ0) is 4.83. The quantitative estimate of drug-likeness (QED) is 0.558. The zero-order valence-electron chi connectivity index (χ0n) is 4.33. The van der Waals surface area contributed by atoms with Gasteiger partial charge in [0.25, 0.3) is 0 Å². The van der Waals surface area contributed by atoms with Gasteiger partial charge in [-0.15, -0.1) is 0 Å². The van der Waals surface area contributed by atoms with E-state index >= 15 is 0 Å². The van der Waals surface area contributed by atoms with Gasteiger partial charge < -0.3 is 0 Å². The Hall–Kier alpha value is 0.883. The second-order valence-electron chi connectivity index (χ2n) is 1.46. The van der Waals surface area contributed by atoms with Crippen LogP contribution in [0.15, 0.2) is 0 Å². The van der Waals surface area contributed by atoms with Crippen LogP contribution in [0.1, 0.15) is 26.2 Å². The molecule has 0 spiro atoms. The van der Waals surface area contributed by atoms with Crippen molar-refractivity contribution in [2.24, 2.45) is 0 Å². The summed E-state index contributed by atoms with van der Waals surface area (Å²) in [5, 5.41) is 0. The van der Waals surface area contributed by atoms with Crippen LogP contribution < -0.4 is 0 Å². The molecule has 0 N–H and O–H groups in total. The molecule has 6 heavy (non-hydrogen) atoms. The molecule has 0 aromatic heterocycles. The molecule has 0 nitrogen and oxygen atoms in total. The van der Waals surface area contributed by atoms with E-state index in [4.69, 9.17) is 0 Å². The number of unbranched alkanes of at least 4 members (excludes halogenated alkanes) is 2. The molecule has 0 saturated carbocycles. The molecule has 0 radical (unpaired) electrons. The second kappa shape index (κ2) is 5.88. The second-order valence-corrected chi connectivity index (χ2v) is 2.69. The average Bonchev–Trinajstić information content (AvgIpc) is 1.61. The monoisotopic (exact) mass is 161 g/mol. The average molecular weight is 162 g/mol. The standard InChI is InChI=1S/C5H11.Zr/c1-3-5-4-2;/h1,3-5H2,2H3;. The van der Waals surface area contributed by atoms with Crippen LogP contribution in [0.2, 0.25) is 4.13 Å². The number of hydrogen-bond donors (Lipinski definition) is 0. The molecular formula is C5H11Zr. The van der Waals surface area contributed by atoms with Crippen molar-refractivity contribution in [1.29, 1.82) is 0 Å². The molecule has 0 aliphatic heterocycles. The van der Waals surface area contributed by atoms with E-state index in [-0.39, 0.29) is 0 Å². The van der Waals surface area contributed by atoms with Gasteiger partial charge in [0.15, 0.2) is 0 Å². The van der Waals surface area contributed by atoms with E-state index in [1.54, 1.807) is 24.7 Å². The van der Waals surface area contributed by atoms with Crippen LogP contribution >= 0.6 is 0 Å². The third kappa shape index (κ3) is 4.88. The first-order valence-corrected chi connectivity index (χ1v) is 4.30. The fourth-order valence-electron chi connectivity index (χ4n) is 0.375. The molecule has 0 atom stereocenters. The van der Waals surface area contributed by atoms with Gasteiger partial charge in [0, 0.05) is 0 Å². The Morgan fingerprint density at radius 3 is 2.17 bits per heavy atom. The van der Waals surface area contributed by atoms with Gasteiger partial charge in [0.05, 0.1) is 0 Å². The van der Waals surface area contributed by atoms with Crippen LogP contribution in [-0.2, 0) is 24.7 Å². The summed E-state index contributed by atoms with van der Waals surface area (Å²) < 4.78 is 1.44. The van der Waals surface area contributed by atoms with Gasteiger partial charge in [0.1, 0.15) is 0 Å². The molecule has 0 bridgehead atoms. The molecule has 0 amide bonds. The van der Waals surface area contributed by atoms with Gasteiger partial charge >= 0.3 is 55.0 Å². The molecule has 35 valence electrons. The molecule has 0 saturated heterocycles. The minimum atomic E-state index is 1.37. The van der Waals surface area contributed by atoms with Gasteiger partial charge in [-0.05, 0) is 0 Å². The van der Waals surface area contributed by atoms with Gasteiger partial charge in [-0.25, -0.2) is 0 Å². The van der Waals surface area contributed by atoms with Gasteiger partial charge in [-0.2, -0.15) is 0 Å². The summed E-state index contributed by atoms with van der Waals surface area (Å²) in [5.41, 5.74) is 0. The van der Waals surface area contributed by atoms with Gasteiger partial charge in [-0.1, -0.05) is 0 Å². The van der Waals surface area contributed by atoms with Crippen molar-refractivity contribution in [2.75, 3.05) is 0 Å². The van der Waals surface area contributed by atoms with Crippen molar-refractivity contribution in [2.45, 2.75) is 30.3 Å². The number of rotatable bonds is 3. The Bertz CT molecular complexity index is 15.9. The zero-order valence-corrected chi connectivity index (χ0v) is 6.79. The van der Waals surface area contributed by atoms with Crippen LogP contribution in [0.5, 0.6) is 0 Å². The van der Waals surface area contributed by atoms with Crippen molar-refractivity contribution in [3.8, 4) is 0 Å². The maximum atomic E-state index is 2.24. The van der Waals surface area contributed by atoms with E-state index < -0.39 is 0 Å². The topological polar surface area (TPSA) is 0 Å². The molecule has 0 unspecified atom stereocenters. The summed E-state index contributed by atoms with van der Waals surface area (Å²) >= 11 is 1.69. The van der Waals surface area contributed by atoms with Crippen LogP contribution in [-0.4, -0.2) is 0 Å². The first kappa shape index (κ1) is 6.88. The summed E-state index contributed by atoms with van der Waals surface area (Å²) in [6.45, 7) is 2.24. The van der Waals surface area contributed by atoms with Crippen LogP contribution in [0.25, 0.3) is 0 Å². The Morgan fingerprint density at radius 2 is 2.00 bits per heavy atom. The Kier molecular flexibility index (Phi) is 6.75. The molecular weight excluding hydrogens is 151 g/mol. The Balaban J connectivity index is 2.34. The van der Waals surface area contributed by atoms with E-state index in [1.807, 2.05) is 0 Å². The molecule has 1 heteroatoms. The van der Waals surface area contributed by atoms with Crippen molar-refractivity contribution in [3.63, 3.8) is 0 Å². The first-order chi connectivity index (χ1) is 2.91. The molecule has 0 aliphatic rings. The van der Waals surface area contributed by atoms with Crippen LogP contribution in [0, 0.1) is 0 Å². The molecule has 0 fully saturated rings. The minimum absolute atomic E-state index is 1.37. The van der Waals surface area contributed by atoms with E-state index in [1.165, 1.54) is 23.4 Å². The normalized spacial score (nSPS) is 8.67. The van der Waals surface area contributed by atoms with E-state index in [0.29, 0.717) is 0 Å². The predicted molar refractivity (Wildman–Crippen MR) is 24.3 cm³/mol. The van der Waals surface area contributed by atoms with Crippen LogP contribution in [0.4, 0.5) is 0 Å². The van der Waals surface area contributed by atoms with Crippen molar-refractivity contribution in [3.05, 3.63) is 0 Å². The summed E-state index contributed by atoms with van der Waals surface area (Å²) in [7, 11) is 0. The van der Waals surface area contributed by atoms with Crippen molar-refractivity contribution < 1.29 is 24.7 Å². The third-order valence-corrected chi connectivity index (χ3v) is 1.65. The summed E-state index contributed by atoms with van der Waals surface area (Å²) in [6, 6.07) is 0. The molecule has 0 aromatic rings. The fraction of sp³-hybridized carbons (Fsp3) is 1.00. The Morgan fingerprint density at radius 1 is 1.33 bits per heavy atom. The van der Waals surface area contributed by atoms with E-state index in [2.05, 4.69) is 6.92 Å². The first-order valence-electron chi connectivity index (χ1n) is 2.56. The third-order valence-electron chi connectivity index (χ3n) is 0.780. The van der Waals surface area contributed by atoms with E-state index in [0.717, 1.165) is 0 Å². The molecule has 0 heterocycles. The van der Waals surface area contributed by atoms with Crippen molar-refractivity contribution >= 4 is 0 Å². The fourth-order valence-corrected chi connectivity index (χ4v) is 0.990. The van der Waals surface area contributed by atoms with Crippen LogP contribution in [0.3, 0.4) is 0 Å². The van der Waals surface area contributed by atoms with Gasteiger partial charge in [-0.3, -0.25) is 0 Å². The summed E-state index contributed by atoms with van der Waals surface area (Å²) in [6.07, 6.45) is 4.26. The summed E-state index contributed by atoms with van der Waals surface area (Å²) in [4.78, 5) is 0. The predicted octanol–water partition coefficient (Wildman–Crippen LogP) is 2.14. The molecule has 0 aromatic carbocycles. The maximum absolute atomic E-state index is 2.24. The van der Waals surface area contributed by atoms with E-state index in [9.17, 15) is 0 Å². The van der Waals surface area contributed by atoms with Gasteiger partial charge in [0.2, 0.25) is 0 Å².